The molecule has 136 valence electrons. The van der Waals surface area contributed by atoms with Crippen molar-refractivity contribution in [2.24, 2.45) is 0 Å². The van der Waals surface area contributed by atoms with Gasteiger partial charge < -0.3 is 19.9 Å². The van der Waals surface area contributed by atoms with Gasteiger partial charge in [0, 0.05) is 12.1 Å². The molecule has 8 nitrogen and oxygen atoms in total. The molecule has 0 aliphatic heterocycles. The predicted molar refractivity (Wildman–Crippen MR) is 91.1 cm³/mol. The molecule has 0 aliphatic rings. The summed E-state index contributed by atoms with van der Waals surface area (Å²) < 4.78 is 9.69. The van der Waals surface area contributed by atoms with Crippen molar-refractivity contribution in [1.29, 1.82) is 0 Å². The highest BCUT2D eigenvalue weighted by atomic mass is 16.5. The van der Waals surface area contributed by atoms with Crippen LogP contribution in [-0.2, 0) is 14.3 Å². The molecule has 1 rings (SSSR count). The first-order valence-corrected chi connectivity index (χ1v) is 7.67. The average Bonchev–Trinajstić information content (AvgIpc) is 2.58. The second kappa shape index (κ2) is 9.96. The zero-order valence-electron chi connectivity index (χ0n) is 14.4. The minimum absolute atomic E-state index is 0.0189. The molecule has 3 amide bonds. The first-order chi connectivity index (χ1) is 11.8. The van der Waals surface area contributed by atoms with Gasteiger partial charge in [-0.2, -0.15) is 0 Å². The number of hydrogen-bond acceptors (Lipinski definition) is 6. The normalized spacial score (nSPS) is 11.6. The summed E-state index contributed by atoms with van der Waals surface area (Å²) in [6, 6.07) is 3.83. The van der Waals surface area contributed by atoms with Crippen LogP contribution in [0.2, 0.25) is 0 Å². The van der Waals surface area contributed by atoms with Crippen molar-refractivity contribution in [3.05, 3.63) is 29.8 Å². The number of carbonyl (C=O) groups is 3. The maximum atomic E-state index is 11.6. The molecule has 0 spiro atoms. The number of urea groups is 1. The van der Waals surface area contributed by atoms with E-state index in [2.05, 4.69) is 10.6 Å². The smallest absolute Gasteiger partial charge is 0.331 e. The fourth-order valence-electron chi connectivity index (χ4n) is 1.67. The van der Waals surface area contributed by atoms with Gasteiger partial charge in [0.15, 0.2) is 18.1 Å². The van der Waals surface area contributed by atoms with Gasteiger partial charge in [0.25, 0.3) is 5.91 Å². The Morgan fingerprint density at radius 1 is 1.32 bits per heavy atom. The van der Waals surface area contributed by atoms with Gasteiger partial charge >= 0.3 is 12.0 Å². The lowest BCUT2D eigenvalue weighted by Crippen LogP contribution is -2.44. The Hall–Kier alpha value is -3.03. The van der Waals surface area contributed by atoms with E-state index in [1.54, 1.807) is 13.0 Å². The highest BCUT2D eigenvalue weighted by molar-refractivity contribution is 5.96. The monoisotopic (exact) mass is 350 g/mol. The van der Waals surface area contributed by atoms with Crippen molar-refractivity contribution in [2.45, 2.75) is 26.3 Å². The molecule has 25 heavy (non-hydrogen) atoms. The van der Waals surface area contributed by atoms with Gasteiger partial charge in [-0.3, -0.25) is 10.1 Å². The van der Waals surface area contributed by atoms with Crippen LogP contribution in [0.3, 0.4) is 0 Å². The van der Waals surface area contributed by atoms with E-state index in [4.69, 9.17) is 9.47 Å². The molecule has 3 N–H and O–H groups in total. The zero-order chi connectivity index (χ0) is 18.8. The van der Waals surface area contributed by atoms with Gasteiger partial charge in [0.2, 0.25) is 0 Å². The number of imide groups is 1. The van der Waals surface area contributed by atoms with E-state index in [-0.39, 0.29) is 17.5 Å². The summed E-state index contributed by atoms with van der Waals surface area (Å²) in [4.78, 5) is 34.5. The van der Waals surface area contributed by atoms with Crippen LogP contribution in [0.25, 0.3) is 6.08 Å². The van der Waals surface area contributed by atoms with Crippen LogP contribution in [0, 0.1) is 0 Å². The number of aromatic hydroxyl groups is 1. The zero-order valence-corrected chi connectivity index (χ0v) is 14.4. The molecule has 0 radical (unpaired) electrons. The van der Waals surface area contributed by atoms with Crippen LogP contribution in [0.1, 0.15) is 25.8 Å². The van der Waals surface area contributed by atoms with Crippen LogP contribution in [0.5, 0.6) is 11.5 Å². The van der Waals surface area contributed by atoms with E-state index < -0.39 is 24.5 Å². The number of benzene rings is 1. The number of amides is 3. The molecule has 8 heteroatoms. The van der Waals surface area contributed by atoms with Crippen LogP contribution < -0.4 is 15.4 Å². The van der Waals surface area contributed by atoms with Crippen LogP contribution in [0.15, 0.2) is 24.3 Å². The fourth-order valence-corrected chi connectivity index (χ4v) is 1.67. The first-order valence-electron chi connectivity index (χ1n) is 7.67. The summed E-state index contributed by atoms with van der Waals surface area (Å²) in [6.07, 6.45) is 3.29. The maximum Gasteiger partial charge on any atom is 0.331 e. The molecule has 1 aromatic rings. The van der Waals surface area contributed by atoms with Crippen LogP contribution in [-0.4, -0.2) is 42.8 Å². The molecule has 0 unspecified atom stereocenters. The average molecular weight is 350 g/mol. The first kappa shape index (κ1) is 20.0. The number of rotatable bonds is 7. The lowest BCUT2D eigenvalue weighted by atomic mass is 10.2. The summed E-state index contributed by atoms with van der Waals surface area (Å²) in [6.45, 7) is 3.12. The number of esters is 1. The highest BCUT2D eigenvalue weighted by Crippen LogP contribution is 2.26. The summed E-state index contributed by atoms with van der Waals surface area (Å²) in [7, 11) is 1.41. The van der Waals surface area contributed by atoms with Crippen molar-refractivity contribution in [2.75, 3.05) is 13.7 Å². The fraction of sp³-hybridized carbons (Fsp3) is 0.353. The molecule has 0 heterocycles. The Kier molecular flexibility index (Phi) is 7.98. The van der Waals surface area contributed by atoms with E-state index in [9.17, 15) is 19.5 Å². The molecule has 0 aromatic heterocycles. The van der Waals surface area contributed by atoms with Gasteiger partial charge in [-0.1, -0.05) is 13.0 Å². The van der Waals surface area contributed by atoms with E-state index in [1.807, 2.05) is 6.92 Å². The van der Waals surface area contributed by atoms with Gasteiger partial charge in [-0.15, -0.1) is 0 Å². The van der Waals surface area contributed by atoms with Crippen molar-refractivity contribution < 1.29 is 29.0 Å². The molecular weight excluding hydrogens is 328 g/mol. The number of phenolic OH excluding ortho intramolecular Hbond substituents is 1. The van der Waals surface area contributed by atoms with E-state index in [0.717, 1.165) is 12.5 Å². The Morgan fingerprint density at radius 3 is 2.68 bits per heavy atom. The van der Waals surface area contributed by atoms with Crippen LogP contribution >= 0.6 is 0 Å². The second-order valence-electron chi connectivity index (χ2n) is 5.20. The molecule has 1 aromatic carbocycles. The van der Waals surface area contributed by atoms with Crippen molar-refractivity contribution in [3.8, 4) is 11.5 Å². The third-order valence-corrected chi connectivity index (χ3v) is 3.20. The Bertz CT molecular complexity index is 657. The third-order valence-electron chi connectivity index (χ3n) is 3.20. The Morgan fingerprint density at radius 2 is 2.04 bits per heavy atom. The summed E-state index contributed by atoms with van der Waals surface area (Å²) in [5.41, 5.74) is 0.601. The maximum absolute atomic E-state index is 11.6. The summed E-state index contributed by atoms with van der Waals surface area (Å²) >= 11 is 0. The summed E-state index contributed by atoms with van der Waals surface area (Å²) in [5, 5.41) is 14.1. The molecule has 1 atom stereocenters. The van der Waals surface area contributed by atoms with E-state index >= 15 is 0 Å². The SMILES string of the molecule is CC[C@@H](C)NC(=O)NC(=O)COC(=O)/C=C/c1ccc(O)c(OC)c1. The molecule has 0 aliphatic carbocycles. The van der Waals surface area contributed by atoms with Crippen molar-refractivity contribution in [1.82, 2.24) is 10.6 Å². The largest absolute Gasteiger partial charge is 0.504 e. The van der Waals surface area contributed by atoms with Gasteiger partial charge in [-0.25, -0.2) is 9.59 Å². The second-order valence-corrected chi connectivity index (χ2v) is 5.20. The van der Waals surface area contributed by atoms with E-state index in [1.165, 1.54) is 25.3 Å². The number of methoxy groups -OCH3 is 1. The third kappa shape index (κ3) is 7.38. The molecule has 0 saturated heterocycles. The minimum Gasteiger partial charge on any atom is -0.504 e. The van der Waals surface area contributed by atoms with Crippen molar-refractivity contribution in [3.63, 3.8) is 0 Å². The lowest BCUT2D eigenvalue weighted by molar-refractivity contribution is -0.143. The number of hydrogen-bond donors (Lipinski definition) is 3. The standard InChI is InChI=1S/C17H22N2O6/c1-4-11(2)18-17(23)19-15(21)10-25-16(22)8-6-12-5-7-13(20)14(9-12)24-3/h5-9,11,20H,4,10H2,1-3H3,(H2,18,19,21,23)/b8-6+/t11-/m1/s1. The molecule has 0 bridgehead atoms. The number of nitrogens with one attached hydrogen (secondary N) is 2. The number of carbonyl (C=O) groups excluding carboxylic acids is 3. The molecular formula is C17H22N2O6. The number of ether oxygens (including phenoxy) is 2. The van der Waals surface area contributed by atoms with E-state index in [0.29, 0.717) is 5.56 Å². The quantitative estimate of drug-likeness (QED) is 0.508. The van der Waals surface area contributed by atoms with Gasteiger partial charge in [0.1, 0.15) is 0 Å². The predicted octanol–water partition coefficient (Wildman–Crippen LogP) is 1.58. The summed E-state index contributed by atoms with van der Waals surface area (Å²) in [5.74, 6) is -1.23. The lowest BCUT2D eigenvalue weighted by Gasteiger charge is -2.11. The molecule has 0 saturated carbocycles. The Balaban J connectivity index is 2.44. The highest BCUT2D eigenvalue weighted by Gasteiger charge is 2.11. The van der Waals surface area contributed by atoms with Gasteiger partial charge in [-0.05, 0) is 37.1 Å². The number of phenols is 1. The Labute approximate surface area is 145 Å². The molecule has 0 fully saturated rings. The van der Waals surface area contributed by atoms with Crippen LogP contribution in [0.4, 0.5) is 4.79 Å². The van der Waals surface area contributed by atoms with Gasteiger partial charge in [0.05, 0.1) is 7.11 Å². The topological polar surface area (TPSA) is 114 Å². The minimum atomic E-state index is -0.746. The van der Waals surface area contributed by atoms with Crippen molar-refractivity contribution >= 4 is 24.0 Å².